The van der Waals surface area contributed by atoms with Gasteiger partial charge in [-0.05, 0) is 31.0 Å². The summed E-state index contributed by atoms with van der Waals surface area (Å²) in [7, 11) is 0. The highest BCUT2D eigenvalue weighted by atomic mass is 19.1. The Morgan fingerprint density at radius 2 is 1.53 bits per heavy atom. The minimum atomic E-state index is -1.17. The predicted molar refractivity (Wildman–Crippen MR) is 68.3 cm³/mol. The van der Waals surface area contributed by atoms with Crippen molar-refractivity contribution in [2.24, 2.45) is 5.73 Å². The van der Waals surface area contributed by atoms with Crippen LogP contribution in [0.1, 0.15) is 28.3 Å². The standard InChI is InChI=1S/C15H14F3N/c1-8-4-3-5-10(13(8)17)15(19)12-11(16)7-6-9(2)14(12)18/h3-7,15H,19H2,1-2H3. The first-order chi connectivity index (χ1) is 8.93. The molecule has 0 spiro atoms. The average Bonchev–Trinajstić information content (AvgIpc) is 2.37. The molecule has 0 aliphatic heterocycles. The molecule has 0 heterocycles. The molecule has 2 aromatic rings. The number of halogens is 3. The molecule has 19 heavy (non-hydrogen) atoms. The topological polar surface area (TPSA) is 26.0 Å². The summed E-state index contributed by atoms with van der Waals surface area (Å²) in [5.74, 6) is -2.03. The number of rotatable bonds is 2. The van der Waals surface area contributed by atoms with E-state index >= 15 is 0 Å². The van der Waals surface area contributed by atoms with E-state index in [0.717, 1.165) is 6.07 Å². The molecule has 0 fully saturated rings. The lowest BCUT2D eigenvalue weighted by molar-refractivity contribution is 0.527. The summed E-state index contributed by atoms with van der Waals surface area (Å²) in [5, 5.41) is 0. The van der Waals surface area contributed by atoms with Gasteiger partial charge >= 0.3 is 0 Å². The summed E-state index contributed by atoms with van der Waals surface area (Å²) in [4.78, 5) is 0. The van der Waals surface area contributed by atoms with Crippen LogP contribution in [0, 0.1) is 31.3 Å². The zero-order valence-electron chi connectivity index (χ0n) is 10.7. The molecule has 2 N–H and O–H groups in total. The quantitative estimate of drug-likeness (QED) is 0.878. The van der Waals surface area contributed by atoms with E-state index in [2.05, 4.69) is 0 Å². The second kappa shape index (κ2) is 5.05. The van der Waals surface area contributed by atoms with Gasteiger partial charge in [0, 0.05) is 11.1 Å². The molecule has 1 nitrogen and oxygen atoms in total. The van der Waals surface area contributed by atoms with Crippen molar-refractivity contribution in [3.63, 3.8) is 0 Å². The van der Waals surface area contributed by atoms with Gasteiger partial charge in [0.05, 0.1) is 6.04 Å². The van der Waals surface area contributed by atoms with Crippen LogP contribution in [-0.4, -0.2) is 0 Å². The molecule has 1 unspecified atom stereocenters. The fraction of sp³-hybridized carbons (Fsp3) is 0.200. The Balaban J connectivity index is 2.59. The van der Waals surface area contributed by atoms with Gasteiger partial charge in [0.25, 0.3) is 0 Å². The molecule has 4 heteroatoms. The van der Waals surface area contributed by atoms with Crippen molar-refractivity contribution < 1.29 is 13.2 Å². The molecule has 0 bridgehead atoms. The number of benzene rings is 2. The Kier molecular flexibility index (Phi) is 3.62. The Hall–Kier alpha value is -1.81. The van der Waals surface area contributed by atoms with Crippen molar-refractivity contribution in [3.05, 3.63) is 70.0 Å². The first kappa shape index (κ1) is 13.6. The number of hydrogen-bond acceptors (Lipinski definition) is 1. The van der Waals surface area contributed by atoms with E-state index in [4.69, 9.17) is 5.73 Å². The van der Waals surface area contributed by atoms with Crippen LogP contribution >= 0.6 is 0 Å². The predicted octanol–water partition coefficient (Wildman–Crippen LogP) is 3.77. The lowest BCUT2D eigenvalue weighted by atomic mass is 9.95. The summed E-state index contributed by atoms with van der Waals surface area (Å²) in [6.45, 7) is 3.09. The van der Waals surface area contributed by atoms with Crippen molar-refractivity contribution in [2.75, 3.05) is 0 Å². The zero-order valence-corrected chi connectivity index (χ0v) is 10.7. The van der Waals surface area contributed by atoms with E-state index in [1.54, 1.807) is 19.1 Å². The molecule has 1 atom stereocenters. The maximum Gasteiger partial charge on any atom is 0.134 e. The molecule has 100 valence electrons. The SMILES string of the molecule is Cc1cccc(C(N)c2c(F)ccc(C)c2F)c1F. The van der Waals surface area contributed by atoms with E-state index in [9.17, 15) is 13.2 Å². The molecule has 0 aliphatic carbocycles. The summed E-state index contributed by atoms with van der Waals surface area (Å²) in [6, 6.07) is 5.93. The normalized spacial score (nSPS) is 12.5. The van der Waals surface area contributed by atoms with Crippen LogP contribution < -0.4 is 5.73 Å². The van der Waals surface area contributed by atoms with Gasteiger partial charge in [-0.1, -0.05) is 24.3 Å². The molecule has 0 radical (unpaired) electrons. The number of aryl methyl sites for hydroxylation is 2. The summed E-state index contributed by atoms with van der Waals surface area (Å²) >= 11 is 0. The van der Waals surface area contributed by atoms with Crippen molar-refractivity contribution in [1.82, 2.24) is 0 Å². The van der Waals surface area contributed by atoms with Gasteiger partial charge in [-0.25, -0.2) is 13.2 Å². The van der Waals surface area contributed by atoms with Gasteiger partial charge < -0.3 is 5.73 Å². The highest BCUT2D eigenvalue weighted by molar-refractivity contribution is 5.38. The minimum absolute atomic E-state index is 0.0865. The monoisotopic (exact) mass is 265 g/mol. The number of hydrogen-bond donors (Lipinski definition) is 1. The molecule has 0 saturated carbocycles. The van der Waals surface area contributed by atoms with Gasteiger partial charge in [0.15, 0.2) is 0 Å². The van der Waals surface area contributed by atoms with E-state index in [-0.39, 0.29) is 16.7 Å². The molecule has 2 aromatic carbocycles. The van der Waals surface area contributed by atoms with Crippen LogP contribution in [0.5, 0.6) is 0 Å². The highest BCUT2D eigenvalue weighted by Crippen LogP contribution is 2.29. The van der Waals surface area contributed by atoms with Crippen LogP contribution in [-0.2, 0) is 0 Å². The van der Waals surface area contributed by atoms with Crippen LogP contribution in [0.15, 0.2) is 30.3 Å². The maximum absolute atomic E-state index is 14.0. The van der Waals surface area contributed by atoms with Gasteiger partial charge in [-0.15, -0.1) is 0 Å². The van der Waals surface area contributed by atoms with E-state index in [0.29, 0.717) is 5.56 Å². The molecule has 0 amide bonds. The average molecular weight is 265 g/mol. The number of nitrogens with two attached hydrogens (primary N) is 1. The second-order valence-electron chi connectivity index (χ2n) is 4.55. The molecule has 0 saturated heterocycles. The molecule has 2 rings (SSSR count). The largest absolute Gasteiger partial charge is 0.320 e. The van der Waals surface area contributed by atoms with Crippen molar-refractivity contribution in [3.8, 4) is 0 Å². The Labute approximate surface area is 109 Å². The molecule has 0 aromatic heterocycles. The van der Waals surface area contributed by atoms with Crippen LogP contribution in [0.25, 0.3) is 0 Å². The lowest BCUT2D eigenvalue weighted by Crippen LogP contribution is -2.18. The van der Waals surface area contributed by atoms with Crippen molar-refractivity contribution in [1.29, 1.82) is 0 Å². The third-order valence-electron chi connectivity index (χ3n) is 3.19. The van der Waals surface area contributed by atoms with Gasteiger partial charge in [-0.2, -0.15) is 0 Å². The fourth-order valence-corrected chi connectivity index (χ4v) is 2.03. The summed E-state index contributed by atoms with van der Waals surface area (Å²) in [5.41, 5.74) is 6.29. The van der Waals surface area contributed by atoms with Crippen molar-refractivity contribution in [2.45, 2.75) is 19.9 Å². The summed E-state index contributed by atoms with van der Waals surface area (Å²) < 4.78 is 41.7. The molecular weight excluding hydrogens is 251 g/mol. The molecule has 0 aliphatic rings. The van der Waals surface area contributed by atoms with E-state index < -0.39 is 23.5 Å². The first-order valence-corrected chi connectivity index (χ1v) is 5.88. The zero-order chi connectivity index (χ0) is 14.2. The third-order valence-corrected chi connectivity index (χ3v) is 3.19. The molecular formula is C15H14F3N. The van der Waals surface area contributed by atoms with E-state index in [1.165, 1.54) is 19.1 Å². The van der Waals surface area contributed by atoms with Gasteiger partial charge in [-0.3, -0.25) is 0 Å². The van der Waals surface area contributed by atoms with Crippen LogP contribution in [0.4, 0.5) is 13.2 Å². The third kappa shape index (κ3) is 2.36. The lowest BCUT2D eigenvalue weighted by Gasteiger charge is -2.17. The smallest absolute Gasteiger partial charge is 0.134 e. The van der Waals surface area contributed by atoms with Crippen LogP contribution in [0.2, 0.25) is 0 Å². The summed E-state index contributed by atoms with van der Waals surface area (Å²) in [6.07, 6.45) is 0. The van der Waals surface area contributed by atoms with Gasteiger partial charge in [0.1, 0.15) is 17.5 Å². The van der Waals surface area contributed by atoms with Crippen LogP contribution in [0.3, 0.4) is 0 Å². The Morgan fingerprint density at radius 3 is 2.21 bits per heavy atom. The minimum Gasteiger partial charge on any atom is -0.320 e. The Morgan fingerprint density at radius 1 is 0.895 bits per heavy atom. The maximum atomic E-state index is 14.0. The van der Waals surface area contributed by atoms with Gasteiger partial charge in [0.2, 0.25) is 0 Å². The first-order valence-electron chi connectivity index (χ1n) is 5.88. The Bertz CT molecular complexity index is 623. The van der Waals surface area contributed by atoms with E-state index in [1.807, 2.05) is 0 Å². The fourth-order valence-electron chi connectivity index (χ4n) is 2.03. The van der Waals surface area contributed by atoms with Crippen molar-refractivity contribution >= 4 is 0 Å². The highest BCUT2D eigenvalue weighted by Gasteiger charge is 2.22. The second-order valence-corrected chi connectivity index (χ2v) is 4.55.